The van der Waals surface area contributed by atoms with Crippen LogP contribution in [0.4, 0.5) is 11.4 Å². The average Bonchev–Trinajstić information content (AvgIpc) is 4.18. The van der Waals surface area contributed by atoms with Gasteiger partial charge in [-0.3, -0.25) is 24.1 Å². The first-order chi connectivity index (χ1) is 32.2. The lowest BCUT2D eigenvalue weighted by molar-refractivity contribution is -0.126. The number of aromatic nitrogens is 8. The smallest absolute Gasteiger partial charge is 0.356 e. The standard InChI is InChI=1S/C22H23N5O2.C19H32N2O3Si.C10H11N3/c28-19-7-4-9-22(19)10-8-17-18(11-22)25-26-20(17)21(29)24-16-12-23-27(14-16)13-15-5-2-1-3-6-15;1-14-6-5-8-19(14)9-7-15-16(12-19)21(20-17(15)18(22)23)13-24-10-11-25(2,3)4;11-10-6-12-13(8-10)7-9-4-2-1-3-5-9/h1-3,5-6,12,14H,4,7-11,13H2,(H,24,29)(H,25,26);14H,5-13H2,1-4H3,(H,22,23);1-6,8H,7,11H2. The number of carboxylic acids is 1. The van der Waals surface area contributed by atoms with Crippen LogP contribution in [0.5, 0.6) is 0 Å². The van der Waals surface area contributed by atoms with Gasteiger partial charge in [0.25, 0.3) is 5.91 Å². The molecule has 1 amide bonds. The third-order valence-corrected chi connectivity index (χ3v) is 16.1. The number of aromatic carboxylic acids is 1. The summed E-state index contributed by atoms with van der Waals surface area (Å²) in [6.45, 7) is 11.9. The summed E-state index contributed by atoms with van der Waals surface area (Å²) < 4.78 is 11.3. The molecule has 0 saturated heterocycles. The molecule has 3 unspecified atom stereocenters. The zero-order chi connectivity index (χ0) is 47.2. The van der Waals surface area contributed by atoms with Crippen molar-refractivity contribution >= 4 is 37.1 Å². The SMILES string of the molecule is CC1CCCC12CCc1c(C(=O)O)nn(COCC[Si](C)(C)C)c1C2.Nc1cnn(Cc2ccccc2)c1.O=C(Nc1cnn(Cc2ccccc2)c1)c1n[nH]c2c1CCC1(CCCC1=O)C2. The number of nitrogens with two attached hydrogens (primary N) is 1. The minimum atomic E-state index is -1.12. The fraction of sp³-hybridized carbons (Fsp3) is 0.471. The highest BCUT2D eigenvalue weighted by Crippen LogP contribution is 2.52. The minimum absolute atomic E-state index is 0.230. The topological polar surface area (TPSA) is 201 Å². The highest BCUT2D eigenvalue weighted by molar-refractivity contribution is 6.76. The summed E-state index contributed by atoms with van der Waals surface area (Å²) in [5.41, 5.74) is 14.0. The molecule has 67 heavy (non-hydrogen) atoms. The number of nitrogen functional groups attached to an aromatic ring is 1. The second-order valence-electron chi connectivity index (χ2n) is 20.3. The number of ketones is 1. The van der Waals surface area contributed by atoms with Crippen LogP contribution < -0.4 is 11.1 Å². The van der Waals surface area contributed by atoms with Gasteiger partial charge in [-0.05, 0) is 79.9 Å². The molecule has 2 spiro atoms. The summed E-state index contributed by atoms with van der Waals surface area (Å²) in [4.78, 5) is 36.8. The van der Waals surface area contributed by atoms with E-state index in [9.17, 15) is 19.5 Å². The number of nitrogens with one attached hydrogen (secondary N) is 2. The monoisotopic (exact) mass is 926 g/mol. The molecule has 354 valence electrons. The molecule has 2 aromatic carbocycles. The van der Waals surface area contributed by atoms with Gasteiger partial charge < -0.3 is 20.9 Å². The maximum Gasteiger partial charge on any atom is 0.356 e. The van der Waals surface area contributed by atoms with Crippen molar-refractivity contribution in [3.8, 4) is 0 Å². The molecule has 4 heterocycles. The van der Waals surface area contributed by atoms with E-state index in [2.05, 4.69) is 69.5 Å². The zero-order valence-electron chi connectivity index (χ0n) is 39.5. The van der Waals surface area contributed by atoms with E-state index in [0.717, 1.165) is 85.8 Å². The number of carbonyl (C=O) groups is 3. The number of aromatic amines is 1. The molecule has 5 N–H and O–H groups in total. The Labute approximate surface area is 393 Å². The van der Waals surface area contributed by atoms with Crippen molar-refractivity contribution in [1.82, 2.24) is 39.5 Å². The molecular weight excluding hydrogens is 861 g/mol. The van der Waals surface area contributed by atoms with Gasteiger partial charge in [-0.2, -0.15) is 20.4 Å². The molecule has 2 fully saturated rings. The van der Waals surface area contributed by atoms with Crippen molar-refractivity contribution in [3.05, 3.63) is 130 Å². The van der Waals surface area contributed by atoms with E-state index in [0.29, 0.717) is 66.7 Å². The van der Waals surface area contributed by atoms with Gasteiger partial charge in [0.15, 0.2) is 11.4 Å². The Balaban J connectivity index is 0.000000146. The number of nitrogens with zero attached hydrogens (tertiary/aromatic N) is 7. The number of carbonyl (C=O) groups excluding carboxylic acids is 2. The van der Waals surface area contributed by atoms with E-state index >= 15 is 0 Å². The summed E-state index contributed by atoms with van der Waals surface area (Å²) >= 11 is 0. The van der Waals surface area contributed by atoms with E-state index in [1.807, 2.05) is 70.3 Å². The first kappa shape index (κ1) is 47.4. The summed E-state index contributed by atoms with van der Waals surface area (Å²) in [5, 5.41) is 32.6. The van der Waals surface area contributed by atoms with Crippen LogP contribution in [0, 0.1) is 16.7 Å². The maximum atomic E-state index is 12.8. The third kappa shape index (κ3) is 11.4. The largest absolute Gasteiger partial charge is 0.476 e. The molecule has 4 aliphatic rings. The van der Waals surface area contributed by atoms with Gasteiger partial charge in [0.05, 0.1) is 36.9 Å². The van der Waals surface area contributed by atoms with E-state index in [1.165, 1.54) is 24.8 Å². The molecule has 6 aromatic rings. The van der Waals surface area contributed by atoms with Crippen molar-refractivity contribution in [2.75, 3.05) is 17.7 Å². The lowest BCUT2D eigenvalue weighted by Crippen LogP contribution is -2.33. The van der Waals surface area contributed by atoms with Crippen molar-refractivity contribution in [2.24, 2.45) is 16.7 Å². The first-order valence-corrected chi connectivity index (χ1v) is 27.6. The van der Waals surface area contributed by atoms with E-state index in [1.54, 1.807) is 17.1 Å². The number of carboxylic acid groups (broad SMARTS) is 1. The Morgan fingerprint density at radius 1 is 0.866 bits per heavy atom. The summed E-state index contributed by atoms with van der Waals surface area (Å²) in [7, 11) is -1.12. The molecule has 4 aliphatic carbocycles. The van der Waals surface area contributed by atoms with Gasteiger partial charge in [-0.15, -0.1) is 0 Å². The van der Waals surface area contributed by atoms with Gasteiger partial charge >= 0.3 is 5.97 Å². The van der Waals surface area contributed by atoms with Crippen LogP contribution in [0.15, 0.2) is 85.5 Å². The lowest BCUT2D eigenvalue weighted by Gasteiger charge is -2.38. The number of H-pyrrole nitrogens is 1. The summed E-state index contributed by atoms with van der Waals surface area (Å²) in [6.07, 6.45) is 18.5. The maximum absolute atomic E-state index is 12.8. The van der Waals surface area contributed by atoms with Crippen molar-refractivity contribution < 1.29 is 24.2 Å². The van der Waals surface area contributed by atoms with Crippen LogP contribution in [0.1, 0.15) is 113 Å². The number of anilines is 2. The summed E-state index contributed by atoms with van der Waals surface area (Å²) in [5.74, 6) is -0.0670. The summed E-state index contributed by atoms with van der Waals surface area (Å²) in [6, 6.07) is 21.3. The normalized spacial score (nSPS) is 20.7. The van der Waals surface area contributed by atoms with Crippen molar-refractivity contribution in [3.63, 3.8) is 0 Å². The van der Waals surface area contributed by atoms with Gasteiger partial charge in [0.2, 0.25) is 0 Å². The van der Waals surface area contributed by atoms with Gasteiger partial charge in [0.1, 0.15) is 12.5 Å². The predicted octanol–water partition coefficient (Wildman–Crippen LogP) is 8.84. The third-order valence-electron chi connectivity index (χ3n) is 14.4. The van der Waals surface area contributed by atoms with Crippen LogP contribution in [-0.4, -0.2) is 77.0 Å². The van der Waals surface area contributed by atoms with E-state index in [-0.39, 0.29) is 17.0 Å². The molecule has 4 aromatic heterocycles. The van der Waals surface area contributed by atoms with E-state index < -0.39 is 14.0 Å². The first-order valence-electron chi connectivity index (χ1n) is 23.9. The number of amides is 1. The fourth-order valence-corrected chi connectivity index (χ4v) is 11.3. The molecule has 0 aliphatic heterocycles. The molecule has 0 bridgehead atoms. The minimum Gasteiger partial charge on any atom is -0.476 e. The Kier molecular flexibility index (Phi) is 14.4. The Morgan fingerprint density at radius 2 is 1.55 bits per heavy atom. The van der Waals surface area contributed by atoms with Gasteiger partial charge in [-0.1, -0.05) is 100 Å². The highest BCUT2D eigenvalue weighted by Gasteiger charge is 2.46. The van der Waals surface area contributed by atoms with Crippen LogP contribution in [-0.2, 0) is 55.0 Å². The number of Topliss-reactive ketones (excluding diaryl/α,β-unsaturated/α-hetero) is 1. The van der Waals surface area contributed by atoms with Gasteiger partial charge in [0, 0.05) is 67.8 Å². The Bertz CT molecular complexity index is 2650. The Morgan fingerprint density at radius 3 is 2.16 bits per heavy atom. The molecular formula is C51H66N10O5Si. The zero-order valence-corrected chi connectivity index (χ0v) is 40.5. The second kappa shape index (κ2) is 20.4. The quantitative estimate of drug-likeness (QED) is 0.0679. The predicted molar refractivity (Wildman–Crippen MR) is 261 cm³/mol. The number of fused-ring (bicyclic) bond motifs is 2. The molecule has 0 radical (unpaired) electrons. The van der Waals surface area contributed by atoms with Crippen LogP contribution in [0.3, 0.4) is 0 Å². The fourth-order valence-electron chi connectivity index (χ4n) is 10.5. The van der Waals surface area contributed by atoms with Crippen LogP contribution >= 0.6 is 0 Å². The van der Waals surface area contributed by atoms with Gasteiger partial charge in [-0.25, -0.2) is 9.48 Å². The number of hydrogen-bond donors (Lipinski definition) is 4. The van der Waals surface area contributed by atoms with Crippen molar-refractivity contribution in [1.29, 1.82) is 0 Å². The molecule has 15 nitrogen and oxygen atoms in total. The molecule has 10 rings (SSSR count). The molecule has 2 saturated carbocycles. The molecule has 16 heteroatoms. The molecule has 3 atom stereocenters. The van der Waals surface area contributed by atoms with E-state index in [4.69, 9.17) is 10.5 Å². The lowest BCUT2D eigenvalue weighted by atomic mass is 9.67. The van der Waals surface area contributed by atoms with Crippen LogP contribution in [0.25, 0.3) is 0 Å². The Hall–Kier alpha value is -6.13. The van der Waals surface area contributed by atoms with Crippen molar-refractivity contribution in [2.45, 2.75) is 129 Å². The number of benzene rings is 2. The second-order valence-corrected chi connectivity index (χ2v) is 26.0. The highest BCUT2D eigenvalue weighted by atomic mass is 28.3. The average molecular weight is 927 g/mol. The number of ether oxygens (including phenoxy) is 1. The number of rotatable bonds is 12. The number of hydrogen-bond acceptors (Lipinski definition) is 9. The van der Waals surface area contributed by atoms with Crippen LogP contribution in [0.2, 0.25) is 25.7 Å².